The number of rotatable bonds is 6. The molecule has 0 saturated heterocycles. The van der Waals surface area contributed by atoms with Gasteiger partial charge in [-0.05, 0) is 67.2 Å². The largest absolute Gasteiger partial charge is 0.383 e. The molecule has 0 bridgehead atoms. The molecule has 7 aromatic carbocycles. The van der Waals surface area contributed by atoms with Gasteiger partial charge >= 0.3 is 0 Å². The van der Waals surface area contributed by atoms with Crippen molar-refractivity contribution < 1.29 is 0 Å². The molecule has 7 aromatic rings. The topological polar surface area (TPSA) is 74.5 Å². The van der Waals surface area contributed by atoms with E-state index in [4.69, 9.17) is 15.7 Å². The molecule has 0 aliphatic heterocycles. The fourth-order valence-corrected chi connectivity index (χ4v) is 5.84. The molecule has 0 aliphatic carbocycles. The Morgan fingerprint density at radius 2 is 1.32 bits per heavy atom. The minimum Gasteiger partial charge on any atom is -0.383 e. The van der Waals surface area contributed by atoms with Gasteiger partial charge < -0.3 is 5.73 Å². The summed E-state index contributed by atoms with van der Waals surface area (Å²) >= 11 is 0. The van der Waals surface area contributed by atoms with Crippen LogP contribution >= 0.6 is 0 Å². The maximum Gasteiger partial charge on any atom is 0.167 e. The van der Waals surface area contributed by atoms with Crippen LogP contribution in [0.3, 0.4) is 0 Å². The number of fused-ring (bicyclic) bond motifs is 4. The van der Waals surface area contributed by atoms with Gasteiger partial charge in [0.2, 0.25) is 0 Å². The first-order valence-corrected chi connectivity index (χ1v) is 14.5. The SMILES string of the molecule is N#Cc1ccc(C(N=Cc2c3ccccc3cc3c2ccc2ccccc23)N=C(N)c2ccccc2-c2ccccc2)cc1. The Morgan fingerprint density at radius 1 is 0.636 bits per heavy atom. The van der Waals surface area contributed by atoms with Crippen LogP contribution in [-0.4, -0.2) is 12.1 Å². The van der Waals surface area contributed by atoms with Crippen LogP contribution in [-0.2, 0) is 0 Å². The molecule has 7 rings (SSSR count). The van der Waals surface area contributed by atoms with E-state index in [2.05, 4.69) is 91.0 Å². The number of nitriles is 1. The number of hydrogen-bond donors (Lipinski definition) is 1. The number of benzene rings is 7. The van der Waals surface area contributed by atoms with E-state index in [1.54, 1.807) is 12.1 Å². The van der Waals surface area contributed by atoms with Crippen LogP contribution in [0.4, 0.5) is 0 Å². The van der Waals surface area contributed by atoms with E-state index >= 15 is 0 Å². The smallest absolute Gasteiger partial charge is 0.167 e. The van der Waals surface area contributed by atoms with E-state index in [0.29, 0.717) is 11.4 Å². The highest BCUT2D eigenvalue weighted by atomic mass is 15.0. The maximum absolute atomic E-state index is 9.40. The molecule has 208 valence electrons. The van der Waals surface area contributed by atoms with Gasteiger partial charge in [-0.1, -0.05) is 127 Å². The minimum atomic E-state index is -0.624. The van der Waals surface area contributed by atoms with Crippen LogP contribution in [0.2, 0.25) is 0 Å². The van der Waals surface area contributed by atoms with Crippen molar-refractivity contribution in [2.75, 3.05) is 0 Å². The van der Waals surface area contributed by atoms with Gasteiger partial charge in [-0.25, -0.2) is 4.99 Å². The summed E-state index contributed by atoms with van der Waals surface area (Å²) in [6.07, 6.45) is 1.31. The molecule has 0 aromatic heterocycles. The molecule has 0 saturated carbocycles. The van der Waals surface area contributed by atoms with Gasteiger partial charge in [0.25, 0.3) is 0 Å². The standard InChI is InChI=1S/C40H28N4/c41-25-27-18-20-30(21-19-27)40(44-39(42)36-17-9-8-14-32(36)28-10-2-1-3-11-28)43-26-38-34-16-7-5-13-31(34)24-37-33-15-6-4-12-29(33)22-23-35(37)38/h1-24,26,40H,(H2,42,44). The van der Waals surface area contributed by atoms with Crippen LogP contribution in [0.25, 0.3) is 43.4 Å². The van der Waals surface area contributed by atoms with Crippen LogP contribution in [0.1, 0.15) is 28.4 Å². The van der Waals surface area contributed by atoms with Crippen molar-refractivity contribution in [3.8, 4) is 17.2 Å². The van der Waals surface area contributed by atoms with Crippen LogP contribution in [0.5, 0.6) is 0 Å². The summed E-state index contributed by atoms with van der Waals surface area (Å²) < 4.78 is 0. The van der Waals surface area contributed by atoms with E-state index < -0.39 is 6.17 Å². The fourth-order valence-electron chi connectivity index (χ4n) is 5.84. The van der Waals surface area contributed by atoms with E-state index in [-0.39, 0.29) is 0 Å². The van der Waals surface area contributed by atoms with Crippen molar-refractivity contribution in [1.82, 2.24) is 0 Å². The molecular weight excluding hydrogens is 536 g/mol. The highest BCUT2D eigenvalue weighted by Gasteiger charge is 2.15. The van der Waals surface area contributed by atoms with Crippen molar-refractivity contribution >= 4 is 44.4 Å². The Labute approximate surface area is 256 Å². The van der Waals surface area contributed by atoms with E-state index in [0.717, 1.165) is 44.0 Å². The first kappa shape index (κ1) is 26.8. The predicted molar refractivity (Wildman–Crippen MR) is 183 cm³/mol. The highest BCUT2D eigenvalue weighted by Crippen LogP contribution is 2.33. The average Bonchev–Trinajstić information content (AvgIpc) is 3.09. The van der Waals surface area contributed by atoms with Crippen LogP contribution in [0, 0.1) is 11.3 Å². The van der Waals surface area contributed by atoms with Gasteiger partial charge in [-0.2, -0.15) is 5.26 Å². The van der Waals surface area contributed by atoms with Crippen molar-refractivity contribution in [3.63, 3.8) is 0 Å². The summed E-state index contributed by atoms with van der Waals surface area (Å²) in [7, 11) is 0. The molecular formula is C40H28N4. The van der Waals surface area contributed by atoms with Crippen molar-refractivity contribution in [1.29, 1.82) is 5.26 Å². The van der Waals surface area contributed by atoms with Crippen LogP contribution < -0.4 is 5.73 Å². The zero-order chi connectivity index (χ0) is 29.9. The van der Waals surface area contributed by atoms with Crippen LogP contribution in [0.15, 0.2) is 156 Å². The first-order valence-electron chi connectivity index (χ1n) is 14.5. The second-order valence-electron chi connectivity index (χ2n) is 10.7. The van der Waals surface area contributed by atoms with Crippen molar-refractivity contribution in [2.24, 2.45) is 15.7 Å². The number of nitrogens with zero attached hydrogens (tertiary/aromatic N) is 3. The normalized spacial score (nSPS) is 12.6. The Hall–Kier alpha value is -6.05. The third-order valence-electron chi connectivity index (χ3n) is 8.04. The van der Waals surface area contributed by atoms with E-state index in [1.165, 1.54) is 16.2 Å². The number of nitrogens with two attached hydrogens (primary N) is 1. The quantitative estimate of drug-likeness (QED) is 0.0946. The molecule has 1 atom stereocenters. The summed E-state index contributed by atoms with van der Waals surface area (Å²) in [4.78, 5) is 10.1. The maximum atomic E-state index is 9.40. The van der Waals surface area contributed by atoms with Crippen molar-refractivity contribution in [2.45, 2.75) is 6.17 Å². The monoisotopic (exact) mass is 564 g/mol. The predicted octanol–water partition coefficient (Wildman–Crippen LogP) is 9.21. The van der Waals surface area contributed by atoms with Crippen molar-refractivity contribution in [3.05, 3.63) is 168 Å². The first-order chi connectivity index (χ1) is 21.7. The Balaban J connectivity index is 1.40. The summed E-state index contributed by atoms with van der Waals surface area (Å²) in [5.41, 5.74) is 12.1. The number of amidine groups is 1. The lowest BCUT2D eigenvalue weighted by molar-refractivity contribution is 0.781. The lowest BCUT2D eigenvalue weighted by Crippen LogP contribution is -2.16. The van der Waals surface area contributed by atoms with E-state index in [9.17, 15) is 5.26 Å². The summed E-state index contributed by atoms with van der Waals surface area (Å²) in [6, 6.07) is 51.2. The third kappa shape index (κ3) is 5.08. The average molecular weight is 565 g/mol. The lowest BCUT2D eigenvalue weighted by atomic mass is 9.94. The van der Waals surface area contributed by atoms with Gasteiger partial charge in [0.1, 0.15) is 5.84 Å². The molecule has 0 amide bonds. The minimum absolute atomic E-state index is 0.393. The highest BCUT2D eigenvalue weighted by molar-refractivity contribution is 6.20. The summed E-state index contributed by atoms with van der Waals surface area (Å²) in [5.74, 6) is 0.393. The van der Waals surface area contributed by atoms with E-state index in [1.807, 2.05) is 54.7 Å². The summed E-state index contributed by atoms with van der Waals surface area (Å²) in [6.45, 7) is 0. The second kappa shape index (κ2) is 11.7. The summed E-state index contributed by atoms with van der Waals surface area (Å²) in [5, 5.41) is 16.4. The Bertz CT molecular complexity index is 2240. The van der Waals surface area contributed by atoms with Gasteiger partial charge in [-0.3, -0.25) is 4.99 Å². The van der Waals surface area contributed by atoms with Gasteiger partial charge in [0, 0.05) is 17.3 Å². The zero-order valence-electron chi connectivity index (χ0n) is 23.9. The molecule has 4 nitrogen and oxygen atoms in total. The number of aliphatic imine (C=N–C) groups is 2. The molecule has 0 fully saturated rings. The molecule has 0 spiro atoms. The molecule has 4 heteroatoms. The lowest BCUT2D eigenvalue weighted by Gasteiger charge is -2.14. The molecule has 0 heterocycles. The van der Waals surface area contributed by atoms with Gasteiger partial charge in [-0.15, -0.1) is 0 Å². The molecule has 44 heavy (non-hydrogen) atoms. The Kier molecular flexibility index (Phi) is 7.12. The second-order valence-corrected chi connectivity index (χ2v) is 10.7. The number of hydrogen-bond acceptors (Lipinski definition) is 3. The fraction of sp³-hybridized carbons (Fsp3) is 0.0250. The van der Waals surface area contributed by atoms with Gasteiger partial charge in [0.05, 0.1) is 11.6 Å². The van der Waals surface area contributed by atoms with Gasteiger partial charge in [0.15, 0.2) is 6.17 Å². The third-order valence-corrected chi connectivity index (χ3v) is 8.04. The Morgan fingerprint density at radius 3 is 2.11 bits per heavy atom. The molecule has 0 radical (unpaired) electrons. The zero-order valence-corrected chi connectivity index (χ0v) is 23.9. The molecule has 0 aliphatic rings. The molecule has 2 N–H and O–H groups in total. The molecule has 1 unspecified atom stereocenters.